The molecule has 12 heterocycles. The molecule has 0 bridgehead atoms. The van der Waals surface area contributed by atoms with E-state index in [1.54, 1.807) is 20.8 Å². The lowest BCUT2D eigenvalue weighted by Gasteiger charge is -2.41. The second kappa shape index (κ2) is 43.8. The first-order valence-electron chi connectivity index (χ1n) is 49.2. The van der Waals surface area contributed by atoms with Gasteiger partial charge < -0.3 is 39.2 Å². The number of carbonyl (C=O) groups excluding carboxylic acids is 7. The van der Waals surface area contributed by atoms with Gasteiger partial charge in [-0.15, -0.1) is 0 Å². The Bertz CT molecular complexity index is 5270. The maximum atomic E-state index is 13.2. The quantitative estimate of drug-likeness (QED) is 0.125. The monoisotopic (exact) mass is 1900 g/mol. The Balaban J connectivity index is 0.000000124. The number of rotatable bonds is 10. The summed E-state index contributed by atoms with van der Waals surface area (Å²) in [7, 11) is 2.17. The van der Waals surface area contributed by atoms with Crippen LogP contribution in [0.15, 0.2) is 145 Å². The molecular formula is C107H133BrCl2N16O7. The molecule has 8 saturated heterocycles. The fraction of sp³-hybridized carbons (Fsp3) is 0.523. The van der Waals surface area contributed by atoms with Crippen molar-refractivity contribution >= 4 is 80.5 Å². The Morgan fingerprint density at radius 1 is 0.338 bits per heavy atom. The molecule has 0 saturated carbocycles. The molecule has 20 rings (SSSR count). The molecule has 0 N–H and O–H groups in total. The van der Waals surface area contributed by atoms with Gasteiger partial charge in [0, 0.05) is 235 Å². The van der Waals surface area contributed by atoms with E-state index in [1.165, 1.54) is 102 Å². The summed E-state index contributed by atoms with van der Waals surface area (Å²) in [6.07, 6.45) is 24.3. The van der Waals surface area contributed by atoms with Gasteiger partial charge in [-0.2, -0.15) is 0 Å². The Morgan fingerprint density at radius 3 is 1.03 bits per heavy atom. The Labute approximate surface area is 804 Å². The van der Waals surface area contributed by atoms with Crippen molar-refractivity contribution in [1.82, 2.24) is 78.7 Å². The molecule has 0 radical (unpaired) electrons. The van der Waals surface area contributed by atoms with Crippen molar-refractivity contribution in [3.05, 3.63) is 255 Å². The Kier molecular flexibility index (Phi) is 31.4. The number of likely N-dealkylation sites (tertiary alicyclic amines) is 4. The summed E-state index contributed by atoms with van der Waals surface area (Å²) < 4.78 is 1.05. The standard InChI is InChI=1S/C28H36N4O2.C27H35BrN4O.2C26H31ClN4O2/c1-20-5-8-25-24(18-20)7-6-23-4-3-11-29-27(23)28(25)32-16-14-31(15-17-32)26(34)19-22-9-12-30(13-10-22)21(2)33;1-19-5-8-24-21(14-19)6-7-22-16-23(28)17-29-26(22)27(24)32-12-10-31(11-13-32)25(33)15-20-4-3-9-30(2)18-20;2*1-18(32)29-11-8-20(9-12-29)26(33)31-15-13-30(14-16-31)25-23-7-6-22(27)17-21(23)5-4-19-3-2-10-28-24(19)25/h3-5,8,11,18,22,28H,6-7,9-10,12-17,19H2,1-2H3;5,8,14,16-17,20,27H,3-4,6-7,9-13,15,18H2,1-2H3;2*2-3,6-7,10,17,20,25H,4-5,8-9,11-16H2,1H3/t28-;;2*25-/m0.10/s1. The average Bonchev–Trinajstić information content (AvgIpc) is 1.72. The van der Waals surface area contributed by atoms with Gasteiger partial charge in [0.1, 0.15) is 0 Å². The highest BCUT2D eigenvalue weighted by atomic mass is 79.9. The summed E-state index contributed by atoms with van der Waals surface area (Å²) >= 11 is 16.3. The molecule has 23 nitrogen and oxygen atoms in total. The molecule has 2 unspecified atom stereocenters. The van der Waals surface area contributed by atoms with Crippen LogP contribution in [0.25, 0.3) is 0 Å². The van der Waals surface area contributed by atoms with E-state index in [-0.39, 0.29) is 71.4 Å². The zero-order valence-corrected chi connectivity index (χ0v) is 81.8. The van der Waals surface area contributed by atoms with Gasteiger partial charge in [-0.05, 0) is 273 Å². The number of hydrogen-bond donors (Lipinski definition) is 0. The molecular weight excluding hydrogens is 1770 g/mol. The van der Waals surface area contributed by atoms with Crippen molar-refractivity contribution in [2.45, 2.75) is 174 Å². The molecule has 0 spiro atoms. The number of aryl methyl sites for hydroxylation is 10. The van der Waals surface area contributed by atoms with Crippen molar-refractivity contribution in [2.75, 3.05) is 164 Å². The number of hydrogen-bond acceptors (Lipinski definition) is 16. The lowest BCUT2D eigenvalue weighted by molar-refractivity contribution is -0.141. The summed E-state index contributed by atoms with van der Waals surface area (Å²) in [4.78, 5) is 133. The van der Waals surface area contributed by atoms with Crippen LogP contribution in [-0.2, 0) is 84.9 Å². The van der Waals surface area contributed by atoms with Crippen LogP contribution >= 0.6 is 39.1 Å². The van der Waals surface area contributed by atoms with Crippen LogP contribution in [-0.4, -0.2) is 284 Å². The molecule has 8 fully saturated rings. The lowest BCUT2D eigenvalue weighted by Crippen LogP contribution is -2.52. The van der Waals surface area contributed by atoms with Crippen LogP contribution in [0.3, 0.4) is 0 Å². The predicted octanol–water partition coefficient (Wildman–Crippen LogP) is 14.2. The average molecular weight is 1910 g/mol. The van der Waals surface area contributed by atoms with Crippen molar-refractivity contribution in [3.63, 3.8) is 0 Å². The number of halogens is 3. The number of amides is 7. The zero-order valence-electron chi connectivity index (χ0n) is 78.7. The smallest absolute Gasteiger partial charge is 0.225 e. The van der Waals surface area contributed by atoms with Gasteiger partial charge in [0.15, 0.2) is 0 Å². The second-order valence-electron chi connectivity index (χ2n) is 39.3. The molecule has 26 heteroatoms. The summed E-state index contributed by atoms with van der Waals surface area (Å²) in [6, 6.07) is 41.7. The molecule has 8 aliphatic heterocycles. The highest BCUT2D eigenvalue weighted by Gasteiger charge is 2.42. The topological polar surface area (TPSA) is 210 Å². The van der Waals surface area contributed by atoms with E-state index in [9.17, 15) is 33.6 Å². The SMILES string of the molecule is CC(=O)N1CCC(C(=O)N2CCN([C@@H]3c4ccc(Cl)cc4CCc4cccnc43)CC2)CC1.CC(=O)N1CCC(C(=O)N2CCN([C@H]3c4ccc(Cl)cc4CCc4cccnc43)CC2)CC1.CC(=O)N1CCC(CC(=O)N2CCN([C@H]3c4ccc(C)cc4CCc4cccnc43)CC2)CC1.Cc1ccc2c(c1)CCc1cc(Br)cnc1C2N1CCN(C(=O)CC2CCCN(C)C2)CC1. The summed E-state index contributed by atoms with van der Waals surface area (Å²) in [5, 5.41) is 1.55. The number of pyridine rings is 4. The third-order valence-electron chi connectivity index (χ3n) is 30.8. The maximum Gasteiger partial charge on any atom is 0.225 e. The molecule has 704 valence electrons. The maximum absolute atomic E-state index is 13.2. The van der Waals surface area contributed by atoms with Gasteiger partial charge >= 0.3 is 0 Å². The number of carbonyl (C=O) groups is 7. The molecule has 4 aromatic carbocycles. The molecule has 8 aromatic rings. The van der Waals surface area contributed by atoms with Gasteiger partial charge in [0.2, 0.25) is 41.4 Å². The third kappa shape index (κ3) is 22.7. The number of piperazine rings is 4. The zero-order chi connectivity index (χ0) is 92.5. The van der Waals surface area contributed by atoms with Gasteiger partial charge in [0.25, 0.3) is 0 Å². The van der Waals surface area contributed by atoms with E-state index >= 15 is 0 Å². The summed E-state index contributed by atoms with van der Waals surface area (Å²) in [5.41, 5.74) is 23.3. The molecule has 5 atom stereocenters. The Hall–Kier alpha value is -9.37. The first-order chi connectivity index (χ1) is 64.5. The van der Waals surface area contributed by atoms with Crippen LogP contribution in [0.4, 0.5) is 0 Å². The van der Waals surface area contributed by atoms with Crippen molar-refractivity contribution in [3.8, 4) is 0 Å². The summed E-state index contributed by atoms with van der Waals surface area (Å²) in [6.45, 7) is 28.6. The first-order valence-corrected chi connectivity index (χ1v) is 50.8. The third-order valence-corrected chi connectivity index (χ3v) is 31.7. The van der Waals surface area contributed by atoms with Crippen LogP contribution < -0.4 is 0 Å². The fourth-order valence-electron chi connectivity index (χ4n) is 23.3. The van der Waals surface area contributed by atoms with E-state index in [4.69, 9.17) is 43.1 Å². The van der Waals surface area contributed by atoms with Crippen molar-refractivity contribution < 1.29 is 33.6 Å². The minimum absolute atomic E-state index is 0.0373. The van der Waals surface area contributed by atoms with Gasteiger partial charge in [-0.25, -0.2) is 0 Å². The highest BCUT2D eigenvalue weighted by Crippen LogP contribution is 2.44. The van der Waals surface area contributed by atoms with Crippen LogP contribution in [0.2, 0.25) is 10.0 Å². The van der Waals surface area contributed by atoms with Gasteiger partial charge in [-0.3, -0.25) is 73.1 Å². The van der Waals surface area contributed by atoms with E-state index in [2.05, 4.69) is 162 Å². The number of benzene rings is 4. The molecule has 133 heavy (non-hydrogen) atoms. The molecule has 12 aliphatic rings. The number of aromatic nitrogens is 4. The van der Waals surface area contributed by atoms with Crippen molar-refractivity contribution in [1.29, 1.82) is 0 Å². The number of nitrogens with zero attached hydrogens (tertiary/aromatic N) is 16. The van der Waals surface area contributed by atoms with E-state index < -0.39 is 0 Å². The fourth-order valence-corrected chi connectivity index (χ4v) is 24.0. The van der Waals surface area contributed by atoms with Gasteiger partial charge in [0.05, 0.1) is 46.9 Å². The van der Waals surface area contributed by atoms with E-state index in [0.717, 1.165) is 247 Å². The minimum Gasteiger partial charge on any atom is -0.343 e. The van der Waals surface area contributed by atoms with E-state index in [0.29, 0.717) is 56.8 Å². The summed E-state index contributed by atoms with van der Waals surface area (Å²) in [5.74, 6) is 2.47. The minimum atomic E-state index is 0.0373. The highest BCUT2D eigenvalue weighted by molar-refractivity contribution is 9.10. The molecule has 4 aliphatic carbocycles. The largest absolute Gasteiger partial charge is 0.343 e. The van der Waals surface area contributed by atoms with Gasteiger partial charge in [-0.1, -0.05) is 101 Å². The number of fused-ring (bicyclic) bond motifs is 8. The lowest BCUT2D eigenvalue weighted by atomic mass is 9.92. The predicted molar refractivity (Wildman–Crippen MR) is 524 cm³/mol. The normalized spacial score (nSPS) is 22.3. The number of piperidine rings is 4. The van der Waals surface area contributed by atoms with Crippen LogP contribution in [0.5, 0.6) is 0 Å². The second-order valence-corrected chi connectivity index (χ2v) is 41.1. The van der Waals surface area contributed by atoms with Crippen LogP contribution in [0.1, 0.15) is 210 Å². The van der Waals surface area contributed by atoms with E-state index in [1.807, 2.05) is 73.6 Å². The molecule has 7 amide bonds. The van der Waals surface area contributed by atoms with Crippen molar-refractivity contribution in [2.24, 2.45) is 23.7 Å². The first kappa shape index (κ1) is 95.4. The van der Waals surface area contributed by atoms with Crippen LogP contribution in [0, 0.1) is 37.5 Å². The molecule has 4 aromatic heterocycles. The Morgan fingerprint density at radius 2 is 0.662 bits per heavy atom.